The molecule has 0 unspecified atom stereocenters. The van der Waals surface area contributed by atoms with Gasteiger partial charge in [-0.25, -0.2) is 9.78 Å². The number of ether oxygens (including phenoxy) is 1. The van der Waals surface area contributed by atoms with Crippen molar-refractivity contribution >= 4 is 40.4 Å². The van der Waals surface area contributed by atoms with Crippen molar-refractivity contribution in [2.75, 3.05) is 68.1 Å². The van der Waals surface area contributed by atoms with Gasteiger partial charge in [-0.1, -0.05) is 6.58 Å². The van der Waals surface area contributed by atoms with Crippen molar-refractivity contribution < 1.29 is 14.3 Å². The lowest BCUT2D eigenvalue weighted by Gasteiger charge is -2.33. The average molecular weight is 496 g/mol. The van der Waals surface area contributed by atoms with Gasteiger partial charge >= 0.3 is 6.09 Å². The number of nitrogens with one attached hydrogen (secondary N) is 1. The summed E-state index contributed by atoms with van der Waals surface area (Å²) in [5.74, 6) is 1.34. The first kappa shape index (κ1) is 25.7. The monoisotopic (exact) mass is 495 g/mol. The maximum atomic E-state index is 12.3. The predicted molar refractivity (Wildman–Crippen MR) is 143 cm³/mol. The van der Waals surface area contributed by atoms with Crippen molar-refractivity contribution in [3.63, 3.8) is 0 Å². The highest BCUT2D eigenvalue weighted by molar-refractivity contribution is 6.02. The van der Waals surface area contributed by atoms with Crippen molar-refractivity contribution in [3.05, 3.63) is 30.9 Å². The van der Waals surface area contributed by atoms with E-state index in [1.165, 1.54) is 6.08 Å². The summed E-state index contributed by atoms with van der Waals surface area (Å²) < 4.78 is 5.44. The summed E-state index contributed by atoms with van der Waals surface area (Å²) in [4.78, 5) is 42.7. The molecule has 1 aromatic heterocycles. The first-order valence-corrected chi connectivity index (χ1v) is 12.4. The van der Waals surface area contributed by atoms with Crippen LogP contribution in [0.4, 0.5) is 22.2 Å². The highest BCUT2D eigenvalue weighted by Gasteiger charge is 2.29. The van der Waals surface area contributed by atoms with Gasteiger partial charge in [-0.3, -0.25) is 4.79 Å². The van der Waals surface area contributed by atoms with E-state index in [9.17, 15) is 9.59 Å². The van der Waals surface area contributed by atoms with Crippen molar-refractivity contribution in [1.82, 2.24) is 20.2 Å². The molecule has 2 aliphatic rings. The van der Waals surface area contributed by atoms with Gasteiger partial charge in [0.1, 0.15) is 11.4 Å². The standard InChI is InChI=1S/C26H37N7O3/c1-7-22(34)31(6)19-8-9-20-21(16-19)28-24(32-14-12-30(5)13-15-32)29-23(20)33-11-10-18(17-33)27-25(35)36-26(2,3)4/h7-9,16,18H,1,10-15,17H2,2-6H3,(H,27,35)/t18-/m1/s1. The number of anilines is 3. The topological polar surface area (TPSA) is 94.1 Å². The Morgan fingerprint density at radius 2 is 1.86 bits per heavy atom. The molecule has 1 aromatic carbocycles. The van der Waals surface area contributed by atoms with Crippen molar-refractivity contribution in [2.45, 2.75) is 38.8 Å². The third kappa shape index (κ3) is 5.87. The first-order valence-electron chi connectivity index (χ1n) is 12.4. The van der Waals surface area contributed by atoms with E-state index < -0.39 is 11.7 Å². The van der Waals surface area contributed by atoms with Crippen molar-refractivity contribution in [1.29, 1.82) is 0 Å². The Morgan fingerprint density at radius 3 is 2.53 bits per heavy atom. The number of likely N-dealkylation sites (N-methyl/N-ethyl adjacent to an activating group) is 2. The number of hydrogen-bond donors (Lipinski definition) is 1. The maximum absolute atomic E-state index is 12.3. The fraction of sp³-hybridized carbons (Fsp3) is 0.538. The normalized spacial score (nSPS) is 18.9. The number of nitrogens with zero attached hydrogens (tertiary/aromatic N) is 6. The Kier molecular flexibility index (Phi) is 7.35. The zero-order chi connectivity index (χ0) is 26.0. The lowest BCUT2D eigenvalue weighted by atomic mass is 10.2. The summed E-state index contributed by atoms with van der Waals surface area (Å²) in [5.41, 5.74) is 0.978. The van der Waals surface area contributed by atoms with Crippen LogP contribution in [0.2, 0.25) is 0 Å². The molecule has 194 valence electrons. The molecular weight excluding hydrogens is 458 g/mol. The molecule has 10 nitrogen and oxygen atoms in total. The molecule has 0 aliphatic carbocycles. The lowest BCUT2D eigenvalue weighted by molar-refractivity contribution is -0.113. The van der Waals surface area contributed by atoms with Crippen LogP contribution in [0.3, 0.4) is 0 Å². The lowest BCUT2D eigenvalue weighted by Crippen LogP contribution is -2.45. The van der Waals surface area contributed by atoms with Gasteiger partial charge in [-0.15, -0.1) is 0 Å². The average Bonchev–Trinajstić information content (AvgIpc) is 3.29. The number of hydrogen-bond acceptors (Lipinski definition) is 8. The third-order valence-corrected chi connectivity index (χ3v) is 6.54. The van der Waals surface area contributed by atoms with E-state index >= 15 is 0 Å². The van der Waals surface area contributed by atoms with Crippen LogP contribution >= 0.6 is 0 Å². The zero-order valence-corrected chi connectivity index (χ0v) is 22.0. The van der Waals surface area contributed by atoms with Gasteiger partial charge in [0.05, 0.1) is 11.6 Å². The van der Waals surface area contributed by atoms with E-state index in [1.54, 1.807) is 11.9 Å². The second-order valence-electron chi connectivity index (χ2n) is 10.5. The molecule has 2 amide bonds. The first-order chi connectivity index (χ1) is 17.0. The van der Waals surface area contributed by atoms with Crippen LogP contribution in [-0.2, 0) is 9.53 Å². The highest BCUT2D eigenvalue weighted by atomic mass is 16.6. The van der Waals surface area contributed by atoms with Crippen LogP contribution in [0.15, 0.2) is 30.9 Å². The van der Waals surface area contributed by atoms with E-state index in [2.05, 4.69) is 33.6 Å². The molecule has 3 heterocycles. The van der Waals surface area contributed by atoms with E-state index in [-0.39, 0.29) is 11.9 Å². The number of rotatable bonds is 5. The second-order valence-corrected chi connectivity index (χ2v) is 10.5. The molecule has 0 bridgehead atoms. The van der Waals surface area contributed by atoms with Crippen LogP contribution in [0.25, 0.3) is 10.9 Å². The number of carbonyl (C=O) groups excluding carboxylic acids is 2. The van der Waals surface area contributed by atoms with Gasteiger partial charge in [-0.2, -0.15) is 4.98 Å². The molecule has 2 aliphatic heterocycles. The quantitative estimate of drug-likeness (QED) is 0.633. The van der Waals surface area contributed by atoms with Gasteiger partial charge in [-0.05, 0) is 58.5 Å². The Hall–Kier alpha value is -3.40. The minimum Gasteiger partial charge on any atom is -0.444 e. The van der Waals surface area contributed by atoms with Gasteiger partial charge in [0.15, 0.2) is 0 Å². The van der Waals surface area contributed by atoms with Gasteiger partial charge in [0.25, 0.3) is 0 Å². The highest BCUT2D eigenvalue weighted by Crippen LogP contribution is 2.32. The van der Waals surface area contributed by atoms with E-state index in [1.807, 2.05) is 39.0 Å². The number of fused-ring (bicyclic) bond motifs is 1. The van der Waals surface area contributed by atoms with E-state index in [0.717, 1.165) is 61.6 Å². The van der Waals surface area contributed by atoms with Crippen molar-refractivity contribution in [3.8, 4) is 0 Å². The Morgan fingerprint density at radius 1 is 1.14 bits per heavy atom. The van der Waals surface area contributed by atoms with Crippen LogP contribution in [0, 0.1) is 0 Å². The van der Waals surface area contributed by atoms with Gasteiger partial charge in [0.2, 0.25) is 11.9 Å². The maximum Gasteiger partial charge on any atom is 0.407 e. The molecule has 4 rings (SSSR count). The molecule has 2 saturated heterocycles. The summed E-state index contributed by atoms with van der Waals surface area (Å²) in [6.45, 7) is 14.1. The summed E-state index contributed by atoms with van der Waals surface area (Å²) in [7, 11) is 3.84. The van der Waals surface area contributed by atoms with E-state index in [4.69, 9.17) is 14.7 Å². The smallest absolute Gasteiger partial charge is 0.407 e. The van der Waals surface area contributed by atoms with E-state index in [0.29, 0.717) is 12.5 Å². The molecular formula is C26H37N7O3. The minimum atomic E-state index is -0.541. The molecule has 1 N–H and O–H groups in total. The molecule has 0 spiro atoms. The minimum absolute atomic E-state index is 0.0347. The SMILES string of the molecule is C=CC(=O)N(C)c1ccc2c(N3CC[C@@H](NC(=O)OC(C)(C)C)C3)nc(N3CCN(C)CC3)nc2c1. The number of carbonyl (C=O) groups is 2. The summed E-state index contributed by atoms with van der Waals surface area (Å²) in [6.07, 6.45) is 1.69. The molecule has 2 fully saturated rings. The Labute approximate surface area is 212 Å². The van der Waals surface area contributed by atoms with Crippen LogP contribution in [0.1, 0.15) is 27.2 Å². The van der Waals surface area contributed by atoms with Crippen LogP contribution in [0.5, 0.6) is 0 Å². The number of aromatic nitrogens is 2. The zero-order valence-electron chi connectivity index (χ0n) is 22.0. The summed E-state index contributed by atoms with van der Waals surface area (Å²) in [6, 6.07) is 5.76. The fourth-order valence-corrected chi connectivity index (χ4v) is 4.50. The van der Waals surface area contributed by atoms with Gasteiger partial charge in [0, 0.05) is 57.4 Å². The third-order valence-electron chi connectivity index (χ3n) is 6.54. The number of piperazine rings is 1. The molecule has 2 aromatic rings. The fourth-order valence-electron chi connectivity index (χ4n) is 4.50. The molecule has 0 radical (unpaired) electrons. The largest absolute Gasteiger partial charge is 0.444 e. The second kappa shape index (κ2) is 10.3. The summed E-state index contributed by atoms with van der Waals surface area (Å²) >= 11 is 0. The molecule has 36 heavy (non-hydrogen) atoms. The van der Waals surface area contributed by atoms with Crippen LogP contribution in [-0.4, -0.2) is 91.9 Å². The Balaban J connectivity index is 1.64. The Bertz CT molecular complexity index is 1140. The molecule has 0 saturated carbocycles. The number of benzene rings is 1. The van der Waals surface area contributed by atoms with Crippen molar-refractivity contribution in [2.24, 2.45) is 0 Å². The summed E-state index contributed by atoms with van der Waals surface area (Å²) in [5, 5.41) is 3.90. The predicted octanol–water partition coefficient (Wildman–Crippen LogP) is 2.63. The number of alkyl carbamates (subject to hydrolysis) is 1. The molecule has 10 heteroatoms. The molecule has 1 atom stereocenters. The van der Waals surface area contributed by atoms with Gasteiger partial charge < -0.3 is 29.7 Å². The number of amides is 2. The van der Waals surface area contributed by atoms with Crippen LogP contribution < -0.4 is 20.0 Å².